The molecule has 0 atom stereocenters. The van der Waals surface area contributed by atoms with Crippen LogP contribution in [0.5, 0.6) is 0 Å². The average Bonchev–Trinajstić information content (AvgIpc) is 2.20. The lowest BCUT2D eigenvalue weighted by Crippen LogP contribution is -1.76. The molecule has 0 aliphatic carbocycles. The zero-order valence-corrected chi connectivity index (χ0v) is 7.36. The Morgan fingerprint density at radius 1 is 1.00 bits per heavy atom. The first kappa shape index (κ1) is 10.4. The van der Waals surface area contributed by atoms with Crippen LogP contribution in [-0.2, 0) is 0 Å². The monoisotopic (exact) mass is 164 g/mol. The molecule has 64 valence electrons. The lowest BCUT2D eigenvalue weighted by Gasteiger charge is -1.93. The van der Waals surface area contributed by atoms with E-state index in [0.29, 0.717) is 11.4 Å². The second kappa shape index (κ2) is 6.15. The maximum Gasteiger partial charge on any atom is 0.110 e. The van der Waals surface area contributed by atoms with E-state index in [9.17, 15) is 0 Å². The number of hydrogen-bond acceptors (Lipinski definition) is 4. The molecule has 4 nitrogen and oxygen atoms in total. The second-order valence-corrected chi connectivity index (χ2v) is 1.58. The maximum atomic E-state index is 3.66. The predicted octanol–water partition coefficient (Wildman–Crippen LogP) is 2.17. The van der Waals surface area contributed by atoms with Crippen molar-refractivity contribution in [2.45, 2.75) is 13.8 Å². The summed E-state index contributed by atoms with van der Waals surface area (Å²) in [7, 11) is 0. The molecule has 0 bridgehead atoms. The van der Waals surface area contributed by atoms with Crippen LogP contribution in [-0.4, -0.2) is 23.6 Å². The smallest absolute Gasteiger partial charge is 0.110 e. The van der Waals surface area contributed by atoms with E-state index >= 15 is 0 Å². The van der Waals surface area contributed by atoms with Gasteiger partial charge in [0.25, 0.3) is 0 Å². The van der Waals surface area contributed by atoms with E-state index in [1.165, 1.54) is 12.4 Å². The highest BCUT2D eigenvalue weighted by atomic mass is 15.1. The van der Waals surface area contributed by atoms with Gasteiger partial charge in [0.1, 0.15) is 11.4 Å². The molecule has 0 aliphatic rings. The Kier molecular flexibility index (Phi) is 5.34. The quantitative estimate of drug-likeness (QED) is 0.629. The first-order valence-electron chi connectivity index (χ1n) is 3.62. The van der Waals surface area contributed by atoms with Gasteiger partial charge in [0, 0.05) is 0 Å². The summed E-state index contributed by atoms with van der Waals surface area (Å²) in [6.45, 7) is 10.7. The molecule has 0 amide bonds. The molecule has 0 spiro atoms. The Balaban J connectivity index is 0.000000561. The number of aliphatic imine (C=N–C) groups is 2. The van der Waals surface area contributed by atoms with Gasteiger partial charge in [-0.25, -0.2) is 0 Å². The normalized spacial score (nSPS) is 7.83. The van der Waals surface area contributed by atoms with Gasteiger partial charge in [0.05, 0.1) is 12.4 Å². The van der Waals surface area contributed by atoms with Gasteiger partial charge < -0.3 is 0 Å². The van der Waals surface area contributed by atoms with E-state index < -0.39 is 0 Å². The van der Waals surface area contributed by atoms with Gasteiger partial charge in [-0.1, -0.05) is 13.8 Å². The molecule has 0 saturated heterocycles. The largest absolute Gasteiger partial charge is 0.261 e. The molecule has 1 aromatic heterocycles. The minimum Gasteiger partial charge on any atom is -0.261 e. The third kappa shape index (κ3) is 2.57. The van der Waals surface area contributed by atoms with E-state index in [4.69, 9.17) is 0 Å². The van der Waals surface area contributed by atoms with Gasteiger partial charge in [-0.2, -0.15) is 10.2 Å². The van der Waals surface area contributed by atoms with Gasteiger partial charge in [-0.15, -0.1) is 0 Å². The summed E-state index contributed by atoms with van der Waals surface area (Å²) in [6, 6.07) is 0. The summed E-state index contributed by atoms with van der Waals surface area (Å²) in [4.78, 5) is 7.31. The lowest BCUT2D eigenvalue weighted by molar-refractivity contribution is 1.03. The van der Waals surface area contributed by atoms with Crippen molar-refractivity contribution in [3.05, 3.63) is 12.4 Å². The summed E-state index contributed by atoms with van der Waals surface area (Å²) >= 11 is 0. The summed E-state index contributed by atoms with van der Waals surface area (Å²) in [5, 5.41) is 7.19. The predicted molar refractivity (Wildman–Crippen MR) is 51.8 cm³/mol. The first-order valence-corrected chi connectivity index (χ1v) is 3.62. The summed E-state index contributed by atoms with van der Waals surface area (Å²) < 4.78 is 0. The number of nitrogens with zero attached hydrogens (tertiary/aromatic N) is 4. The SMILES string of the molecule is C=Nc1cnncc1N=C.CC. The van der Waals surface area contributed by atoms with Gasteiger partial charge in [0.15, 0.2) is 0 Å². The van der Waals surface area contributed by atoms with Crippen molar-refractivity contribution in [1.82, 2.24) is 10.2 Å². The minimum atomic E-state index is 0.602. The molecule has 1 aromatic rings. The molecule has 0 aromatic carbocycles. The Bertz CT molecular complexity index is 230. The van der Waals surface area contributed by atoms with Crippen LogP contribution in [0.2, 0.25) is 0 Å². The van der Waals surface area contributed by atoms with Gasteiger partial charge >= 0.3 is 0 Å². The van der Waals surface area contributed by atoms with Crippen LogP contribution in [0.4, 0.5) is 11.4 Å². The summed E-state index contributed by atoms with van der Waals surface area (Å²) in [5.74, 6) is 0. The second-order valence-electron chi connectivity index (χ2n) is 1.58. The molecule has 0 aliphatic heterocycles. The molecule has 1 heterocycles. The van der Waals surface area contributed by atoms with E-state index in [1.54, 1.807) is 0 Å². The molecular weight excluding hydrogens is 152 g/mol. The summed E-state index contributed by atoms with van der Waals surface area (Å²) in [5.41, 5.74) is 1.20. The molecule has 0 fully saturated rings. The minimum absolute atomic E-state index is 0.602. The van der Waals surface area contributed by atoms with E-state index in [-0.39, 0.29) is 0 Å². The van der Waals surface area contributed by atoms with Gasteiger partial charge in [0.2, 0.25) is 0 Å². The highest BCUT2D eigenvalue weighted by Crippen LogP contribution is 2.22. The molecule has 0 N–H and O–H groups in total. The fraction of sp³-hybridized carbons (Fsp3) is 0.250. The standard InChI is InChI=1S/C6H6N4.C2H6/c1-7-5-3-9-10-4-6(5)8-2;1-2/h3-4H,1-2H2;1-2H3. The van der Waals surface area contributed by atoms with Crippen molar-refractivity contribution >= 4 is 24.8 Å². The zero-order chi connectivity index (χ0) is 9.40. The fourth-order valence-electron chi connectivity index (χ4n) is 0.552. The zero-order valence-electron chi connectivity index (χ0n) is 7.36. The Labute approximate surface area is 72.1 Å². The van der Waals surface area contributed by atoms with Crippen LogP contribution in [0.25, 0.3) is 0 Å². The van der Waals surface area contributed by atoms with Crippen molar-refractivity contribution in [2.75, 3.05) is 0 Å². The average molecular weight is 164 g/mol. The van der Waals surface area contributed by atoms with Crippen molar-refractivity contribution in [3.63, 3.8) is 0 Å². The number of rotatable bonds is 2. The molecule has 0 unspecified atom stereocenters. The molecule has 4 heteroatoms. The van der Waals surface area contributed by atoms with Crippen LogP contribution < -0.4 is 0 Å². The number of hydrogen-bond donors (Lipinski definition) is 0. The molecule has 1 rings (SSSR count). The van der Waals surface area contributed by atoms with E-state index in [2.05, 4.69) is 33.6 Å². The van der Waals surface area contributed by atoms with Crippen LogP contribution in [0, 0.1) is 0 Å². The highest BCUT2D eigenvalue weighted by molar-refractivity contribution is 5.63. The molecule has 12 heavy (non-hydrogen) atoms. The summed E-state index contributed by atoms with van der Waals surface area (Å²) in [6.07, 6.45) is 2.97. The fourth-order valence-corrected chi connectivity index (χ4v) is 0.552. The topological polar surface area (TPSA) is 50.5 Å². The molecular formula is C8H12N4. The van der Waals surface area contributed by atoms with Crippen molar-refractivity contribution < 1.29 is 0 Å². The lowest BCUT2D eigenvalue weighted by atomic mass is 10.4. The van der Waals surface area contributed by atoms with E-state index in [1.807, 2.05) is 13.8 Å². The number of aromatic nitrogens is 2. The van der Waals surface area contributed by atoms with E-state index in [0.717, 1.165) is 0 Å². The third-order valence-electron chi connectivity index (χ3n) is 1.03. The molecule has 0 saturated carbocycles. The molecule has 0 radical (unpaired) electrons. The highest BCUT2D eigenvalue weighted by Gasteiger charge is 1.94. The van der Waals surface area contributed by atoms with Gasteiger partial charge in [-0.3, -0.25) is 9.98 Å². The van der Waals surface area contributed by atoms with Crippen LogP contribution in [0.3, 0.4) is 0 Å². The Hall–Kier alpha value is -1.58. The van der Waals surface area contributed by atoms with Crippen LogP contribution >= 0.6 is 0 Å². The Morgan fingerprint density at radius 3 is 1.58 bits per heavy atom. The first-order chi connectivity index (χ1) is 5.88. The maximum absolute atomic E-state index is 3.66. The van der Waals surface area contributed by atoms with Crippen molar-refractivity contribution in [2.24, 2.45) is 9.98 Å². The van der Waals surface area contributed by atoms with Crippen LogP contribution in [0.1, 0.15) is 13.8 Å². The Morgan fingerprint density at radius 2 is 1.33 bits per heavy atom. The van der Waals surface area contributed by atoms with Crippen LogP contribution in [0.15, 0.2) is 22.4 Å². The van der Waals surface area contributed by atoms with Crippen molar-refractivity contribution in [1.29, 1.82) is 0 Å². The van der Waals surface area contributed by atoms with Crippen molar-refractivity contribution in [3.8, 4) is 0 Å². The third-order valence-corrected chi connectivity index (χ3v) is 1.03. The van der Waals surface area contributed by atoms with Gasteiger partial charge in [-0.05, 0) is 13.4 Å².